The zero-order valence-electron chi connectivity index (χ0n) is 22.2. The zero-order chi connectivity index (χ0) is 27.5. The standard InChI is InChI=1S/C29H32N6O5/c36-26-17-27(34-11-15-40-16-12-34)30-28-23(5-2-6-24(26)28)25-19-35(32-31-25)18-20-3-1-4-22(29(37)38)21(20)7-8-33-9-13-39-14-10-33/h1-6,17,19H,7-16,18H2,(H,30,36)(H,37,38). The topological polar surface area (TPSA) is 126 Å². The summed E-state index contributed by atoms with van der Waals surface area (Å²) >= 11 is 0. The molecule has 0 saturated carbocycles. The Balaban J connectivity index is 1.29. The number of aromatic amines is 1. The van der Waals surface area contributed by atoms with Crippen LogP contribution in [-0.4, -0.2) is 95.1 Å². The molecule has 0 amide bonds. The highest BCUT2D eigenvalue weighted by atomic mass is 16.5. The molecule has 11 heteroatoms. The number of nitrogens with one attached hydrogen (secondary N) is 1. The number of ether oxygens (including phenoxy) is 2. The summed E-state index contributed by atoms with van der Waals surface area (Å²) in [4.78, 5) is 32.9. The molecule has 4 heterocycles. The molecule has 11 nitrogen and oxygen atoms in total. The monoisotopic (exact) mass is 544 g/mol. The van der Waals surface area contributed by atoms with Gasteiger partial charge in [0.2, 0.25) is 0 Å². The number of para-hydroxylation sites is 1. The Morgan fingerprint density at radius 1 is 1.00 bits per heavy atom. The van der Waals surface area contributed by atoms with Crippen molar-refractivity contribution in [3.63, 3.8) is 0 Å². The van der Waals surface area contributed by atoms with Gasteiger partial charge >= 0.3 is 5.97 Å². The highest BCUT2D eigenvalue weighted by Gasteiger charge is 2.19. The molecule has 4 aromatic rings. The summed E-state index contributed by atoms with van der Waals surface area (Å²) < 4.78 is 12.6. The molecule has 0 aliphatic carbocycles. The quantitative estimate of drug-likeness (QED) is 0.343. The first-order chi connectivity index (χ1) is 19.6. The number of morpholine rings is 2. The molecular formula is C29H32N6O5. The Kier molecular flexibility index (Phi) is 7.58. The molecule has 2 aliphatic rings. The highest BCUT2D eigenvalue weighted by molar-refractivity contribution is 5.93. The van der Waals surface area contributed by atoms with Gasteiger partial charge in [0.1, 0.15) is 11.5 Å². The Hall–Kier alpha value is -4.06. The number of pyridine rings is 1. The third-order valence-electron chi connectivity index (χ3n) is 7.63. The van der Waals surface area contributed by atoms with Gasteiger partial charge in [-0.25, -0.2) is 9.48 Å². The molecule has 0 spiro atoms. The number of carboxylic acid groups (broad SMARTS) is 1. The number of carbonyl (C=O) groups is 1. The first-order valence-electron chi connectivity index (χ1n) is 13.6. The molecule has 2 aliphatic heterocycles. The second-order valence-electron chi connectivity index (χ2n) is 10.1. The largest absolute Gasteiger partial charge is 0.478 e. The van der Waals surface area contributed by atoms with Crippen LogP contribution in [0, 0.1) is 0 Å². The van der Waals surface area contributed by atoms with E-state index >= 15 is 0 Å². The van der Waals surface area contributed by atoms with Crippen molar-refractivity contribution in [2.75, 3.05) is 64.1 Å². The minimum absolute atomic E-state index is 0.0557. The lowest BCUT2D eigenvalue weighted by molar-refractivity contribution is 0.0383. The van der Waals surface area contributed by atoms with Crippen LogP contribution < -0.4 is 10.3 Å². The van der Waals surface area contributed by atoms with Crippen molar-refractivity contribution >= 4 is 22.7 Å². The fourth-order valence-corrected chi connectivity index (χ4v) is 5.49. The van der Waals surface area contributed by atoms with Gasteiger partial charge in [0.05, 0.1) is 50.2 Å². The maximum Gasteiger partial charge on any atom is 0.335 e. The summed E-state index contributed by atoms with van der Waals surface area (Å²) in [5.74, 6) is -0.176. The van der Waals surface area contributed by atoms with Gasteiger partial charge in [0.15, 0.2) is 5.43 Å². The number of aromatic nitrogens is 4. The summed E-state index contributed by atoms with van der Waals surface area (Å²) in [5.41, 5.74) is 4.08. The first-order valence-corrected chi connectivity index (χ1v) is 13.6. The van der Waals surface area contributed by atoms with E-state index in [1.165, 1.54) is 0 Å². The molecule has 6 rings (SSSR count). The van der Waals surface area contributed by atoms with Crippen LogP contribution in [-0.2, 0) is 22.4 Å². The average Bonchev–Trinajstić information content (AvgIpc) is 3.45. The maximum absolute atomic E-state index is 13.0. The van der Waals surface area contributed by atoms with E-state index in [0.717, 1.165) is 42.1 Å². The molecule has 0 bridgehead atoms. The first kappa shape index (κ1) is 26.2. The number of carboxylic acids is 1. The van der Waals surface area contributed by atoms with E-state index in [1.807, 2.05) is 30.5 Å². The lowest BCUT2D eigenvalue weighted by atomic mass is 9.97. The van der Waals surface area contributed by atoms with Gasteiger partial charge < -0.3 is 24.5 Å². The molecule has 0 atom stereocenters. The van der Waals surface area contributed by atoms with Crippen molar-refractivity contribution in [1.29, 1.82) is 0 Å². The molecular weight excluding hydrogens is 512 g/mol. The summed E-state index contributed by atoms with van der Waals surface area (Å²) in [5, 5.41) is 19.3. The normalized spacial score (nSPS) is 16.4. The van der Waals surface area contributed by atoms with Gasteiger partial charge in [-0.1, -0.05) is 29.5 Å². The molecule has 0 radical (unpaired) electrons. The molecule has 2 saturated heterocycles. The van der Waals surface area contributed by atoms with E-state index in [9.17, 15) is 14.7 Å². The maximum atomic E-state index is 13.0. The Morgan fingerprint density at radius 2 is 1.75 bits per heavy atom. The molecule has 2 aromatic heterocycles. The van der Waals surface area contributed by atoms with Gasteiger partial charge in [0.25, 0.3) is 0 Å². The molecule has 40 heavy (non-hydrogen) atoms. The van der Waals surface area contributed by atoms with E-state index < -0.39 is 5.97 Å². The van der Waals surface area contributed by atoms with Crippen molar-refractivity contribution in [3.8, 4) is 11.3 Å². The number of hydrogen-bond acceptors (Lipinski definition) is 8. The van der Waals surface area contributed by atoms with Gasteiger partial charge in [-0.2, -0.15) is 0 Å². The zero-order valence-corrected chi connectivity index (χ0v) is 22.2. The van der Waals surface area contributed by atoms with E-state index in [2.05, 4.69) is 25.1 Å². The van der Waals surface area contributed by atoms with Crippen LogP contribution in [0.3, 0.4) is 0 Å². The number of H-pyrrole nitrogens is 1. The van der Waals surface area contributed by atoms with Gasteiger partial charge in [-0.15, -0.1) is 5.10 Å². The molecule has 2 N–H and O–H groups in total. The molecule has 0 unspecified atom stereocenters. The second kappa shape index (κ2) is 11.6. The van der Waals surface area contributed by atoms with Crippen molar-refractivity contribution in [2.45, 2.75) is 13.0 Å². The smallest absolute Gasteiger partial charge is 0.335 e. The summed E-state index contributed by atoms with van der Waals surface area (Å²) in [7, 11) is 0. The Bertz CT molecular complexity index is 1570. The van der Waals surface area contributed by atoms with Crippen LogP contribution in [0.5, 0.6) is 0 Å². The van der Waals surface area contributed by atoms with Crippen LogP contribution in [0.1, 0.15) is 21.5 Å². The third kappa shape index (κ3) is 5.48. The van der Waals surface area contributed by atoms with Gasteiger partial charge in [0, 0.05) is 49.7 Å². The van der Waals surface area contributed by atoms with Crippen molar-refractivity contribution in [3.05, 3.63) is 75.6 Å². The van der Waals surface area contributed by atoms with E-state index in [0.29, 0.717) is 74.6 Å². The highest BCUT2D eigenvalue weighted by Crippen LogP contribution is 2.27. The second-order valence-corrected chi connectivity index (χ2v) is 10.1. The Morgan fingerprint density at radius 3 is 2.52 bits per heavy atom. The molecule has 2 aromatic carbocycles. The summed E-state index contributed by atoms with van der Waals surface area (Å²) in [6.07, 6.45) is 2.46. The Labute approximate surface area is 230 Å². The average molecular weight is 545 g/mol. The number of anilines is 1. The summed E-state index contributed by atoms with van der Waals surface area (Å²) in [6.45, 7) is 6.89. The SMILES string of the molecule is O=C(O)c1cccc(Cn2cc(-c3cccc4c(=O)cc(N5CCOCC5)[nH]c34)nn2)c1CCN1CCOCC1. The number of nitrogens with zero attached hydrogens (tertiary/aromatic N) is 5. The predicted molar refractivity (Wildman–Crippen MR) is 150 cm³/mol. The number of rotatable bonds is 8. The van der Waals surface area contributed by atoms with E-state index in [-0.39, 0.29) is 5.43 Å². The minimum atomic E-state index is -0.936. The lowest BCUT2D eigenvalue weighted by Crippen LogP contribution is -2.37. The fraction of sp³-hybridized carbons (Fsp3) is 0.379. The van der Waals surface area contributed by atoms with Crippen LogP contribution in [0.4, 0.5) is 5.82 Å². The van der Waals surface area contributed by atoms with Crippen molar-refractivity contribution in [1.82, 2.24) is 24.9 Å². The van der Waals surface area contributed by atoms with Crippen LogP contribution in [0.15, 0.2) is 53.5 Å². The molecule has 2 fully saturated rings. The summed E-state index contributed by atoms with van der Waals surface area (Å²) in [6, 6.07) is 12.6. The van der Waals surface area contributed by atoms with Crippen molar-refractivity contribution < 1.29 is 19.4 Å². The van der Waals surface area contributed by atoms with Gasteiger partial charge in [-0.05, 0) is 29.7 Å². The minimum Gasteiger partial charge on any atom is -0.478 e. The fourth-order valence-electron chi connectivity index (χ4n) is 5.49. The number of aromatic carboxylic acids is 1. The van der Waals surface area contributed by atoms with Crippen LogP contribution in [0.2, 0.25) is 0 Å². The van der Waals surface area contributed by atoms with E-state index in [4.69, 9.17) is 9.47 Å². The molecule has 208 valence electrons. The third-order valence-corrected chi connectivity index (χ3v) is 7.63. The van der Waals surface area contributed by atoms with Gasteiger partial charge in [-0.3, -0.25) is 9.69 Å². The van der Waals surface area contributed by atoms with E-state index in [1.54, 1.807) is 22.9 Å². The predicted octanol–water partition coefficient (Wildman–Crippen LogP) is 2.24. The number of hydrogen-bond donors (Lipinski definition) is 2. The lowest BCUT2D eigenvalue weighted by Gasteiger charge is -2.28. The van der Waals surface area contributed by atoms with Crippen LogP contribution >= 0.6 is 0 Å². The van der Waals surface area contributed by atoms with Crippen molar-refractivity contribution in [2.24, 2.45) is 0 Å². The number of benzene rings is 2. The van der Waals surface area contributed by atoms with Crippen LogP contribution in [0.25, 0.3) is 22.2 Å². The number of fused-ring (bicyclic) bond motifs is 1.